The molecule has 2 aromatic heterocycles. The quantitative estimate of drug-likeness (QED) is 0.491. The minimum absolute atomic E-state index is 0.183. The number of aryl methyl sites for hydroxylation is 3. The lowest BCUT2D eigenvalue weighted by molar-refractivity contribution is -0.116. The average molecular weight is 462 g/mol. The first-order chi connectivity index (χ1) is 16.2. The second kappa shape index (κ2) is 8.93. The second-order valence-corrected chi connectivity index (χ2v) is 7.97. The summed E-state index contributed by atoms with van der Waals surface area (Å²) in [5, 5.41) is 2.86. The van der Waals surface area contributed by atoms with Crippen LogP contribution in [0.15, 0.2) is 58.1 Å². The van der Waals surface area contributed by atoms with E-state index in [0.29, 0.717) is 33.9 Å². The van der Waals surface area contributed by atoms with E-state index < -0.39 is 29.5 Å². The molecule has 0 saturated carbocycles. The fourth-order valence-electron chi connectivity index (χ4n) is 3.95. The third-order valence-electron chi connectivity index (χ3n) is 5.51. The minimum Gasteiger partial charge on any atom is -0.495 e. The van der Waals surface area contributed by atoms with E-state index in [1.54, 1.807) is 51.1 Å². The first-order valence-corrected chi connectivity index (χ1v) is 10.5. The van der Waals surface area contributed by atoms with Crippen LogP contribution in [-0.4, -0.2) is 27.1 Å². The highest BCUT2D eigenvalue weighted by Gasteiger charge is 2.21. The number of hydrogen-bond acceptors (Lipinski definition) is 5. The molecule has 0 aliphatic rings. The smallest absolute Gasteiger partial charge is 0.337 e. The molecule has 0 aliphatic carbocycles. The van der Waals surface area contributed by atoms with Crippen molar-refractivity contribution < 1.29 is 13.9 Å². The molecule has 4 aromatic rings. The Hall–Kier alpha value is -4.27. The number of anilines is 1. The van der Waals surface area contributed by atoms with Gasteiger partial charge >= 0.3 is 5.69 Å². The first-order valence-electron chi connectivity index (χ1n) is 10.5. The SMILES string of the molecule is COc1ccccc1-n1c(=O)n(CC(=O)Nc2ccc(F)cc2C)c(=O)c2c(C)cc(C)nc21. The fourth-order valence-corrected chi connectivity index (χ4v) is 3.95. The van der Waals surface area contributed by atoms with Crippen molar-refractivity contribution >= 4 is 22.6 Å². The van der Waals surface area contributed by atoms with Crippen molar-refractivity contribution in [2.24, 2.45) is 0 Å². The maximum Gasteiger partial charge on any atom is 0.337 e. The summed E-state index contributed by atoms with van der Waals surface area (Å²) >= 11 is 0. The molecule has 0 atom stereocenters. The van der Waals surface area contributed by atoms with Crippen LogP contribution in [-0.2, 0) is 11.3 Å². The Morgan fingerprint density at radius 3 is 2.50 bits per heavy atom. The number of fused-ring (bicyclic) bond motifs is 1. The minimum atomic E-state index is -0.731. The maximum absolute atomic E-state index is 13.6. The normalized spacial score (nSPS) is 11.0. The average Bonchev–Trinajstić information content (AvgIpc) is 2.78. The zero-order valence-corrected chi connectivity index (χ0v) is 19.2. The third-order valence-corrected chi connectivity index (χ3v) is 5.51. The predicted molar refractivity (Wildman–Crippen MR) is 127 cm³/mol. The summed E-state index contributed by atoms with van der Waals surface area (Å²) in [6.07, 6.45) is 0. The van der Waals surface area contributed by atoms with Crippen LogP contribution in [0, 0.1) is 26.6 Å². The number of para-hydroxylation sites is 2. The molecule has 0 unspecified atom stereocenters. The Balaban J connectivity index is 1.92. The Bertz CT molecular complexity index is 1560. The van der Waals surface area contributed by atoms with Crippen molar-refractivity contribution in [1.29, 1.82) is 0 Å². The van der Waals surface area contributed by atoms with Gasteiger partial charge in [0, 0.05) is 11.4 Å². The van der Waals surface area contributed by atoms with Gasteiger partial charge in [-0.15, -0.1) is 0 Å². The van der Waals surface area contributed by atoms with Gasteiger partial charge in [0.2, 0.25) is 5.91 Å². The maximum atomic E-state index is 13.6. The van der Waals surface area contributed by atoms with Crippen LogP contribution >= 0.6 is 0 Å². The summed E-state index contributed by atoms with van der Waals surface area (Å²) in [5.41, 5.74) is 1.38. The molecule has 0 spiro atoms. The molecule has 2 heterocycles. The van der Waals surface area contributed by atoms with Gasteiger partial charge in [0.15, 0.2) is 5.65 Å². The van der Waals surface area contributed by atoms with E-state index in [0.717, 1.165) is 4.57 Å². The monoisotopic (exact) mass is 462 g/mol. The van der Waals surface area contributed by atoms with E-state index >= 15 is 0 Å². The Morgan fingerprint density at radius 1 is 1.06 bits per heavy atom. The molecule has 0 bridgehead atoms. The number of aromatic nitrogens is 3. The number of methoxy groups -OCH3 is 1. The number of nitrogens with one attached hydrogen (secondary N) is 1. The zero-order valence-electron chi connectivity index (χ0n) is 19.2. The number of nitrogens with zero attached hydrogens (tertiary/aromatic N) is 3. The van der Waals surface area contributed by atoms with Gasteiger partial charge in [0.05, 0.1) is 18.2 Å². The number of rotatable bonds is 5. The van der Waals surface area contributed by atoms with Gasteiger partial charge in [-0.25, -0.2) is 23.3 Å². The summed E-state index contributed by atoms with van der Waals surface area (Å²) in [7, 11) is 1.48. The molecule has 4 rings (SSSR count). The van der Waals surface area contributed by atoms with Crippen molar-refractivity contribution in [2.75, 3.05) is 12.4 Å². The summed E-state index contributed by atoms with van der Waals surface area (Å²) < 4.78 is 21.0. The lowest BCUT2D eigenvalue weighted by atomic mass is 10.1. The summed E-state index contributed by atoms with van der Waals surface area (Å²) in [6.45, 7) is 4.63. The van der Waals surface area contributed by atoms with Crippen molar-refractivity contribution in [1.82, 2.24) is 14.1 Å². The van der Waals surface area contributed by atoms with Gasteiger partial charge in [-0.05, 0) is 68.3 Å². The molecular formula is C25H23FN4O4. The van der Waals surface area contributed by atoms with E-state index in [1.165, 1.54) is 29.9 Å². The predicted octanol–water partition coefficient (Wildman–Crippen LogP) is 3.26. The molecule has 1 N–H and O–H groups in total. The molecule has 0 aliphatic heterocycles. The van der Waals surface area contributed by atoms with Gasteiger partial charge in [-0.2, -0.15) is 0 Å². The molecular weight excluding hydrogens is 439 g/mol. The highest BCUT2D eigenvalue weighted by Crippen LogP contribution is 2.24. The number of carbonyl (C=O) groups excluding carboxylic acids is 1. The molecule has 34 heavy (non-hydrogen) atoms. The van der Waals surface area contributed by atoms with Crippen molar-refractivity contribution in [2.45, 2.75) is 27.3 Å². The third kappa shape index (κ3) is 4.07. The second-order valence-electron chi connectivity index (χ2n) is 7.97. The largest absolute Gasteiger partial charge is 0.495 e. The van der Waals surface area contributed by atoms with E-state index in [1.807, 2.05) is 0 Å². The standard InChI is InChI=1S/C25H23FN4O4/c1-14-12-17(26)9-10-18(14)28-21(31)13-29-24(32)22-15(2)11-16(3)27-23(22)30(25(29)33)19-7-5-6-8-20(19)34-4/h5-12H,13H2,1-4H3,(H,28,31). The fraction of sp³-hybridized carbons (Fsp3) is 0.200. The number of amides is 1. The number of ether oxygens (including phenoxy) is 1. The Morgan fingerprint density at radius 2 is 1.79 bits per heavy atom. The van der Waals surface area contributed by atoms with E-state index in [4.69, 9.17) is 4.74 Å². The number of halogens is 1. The molecule has 0 radical (unpaired) electrons. The molecule has 2 aromatic carbocycles. The van der Waals surface area contributed by atoms with E-state index in [9.17, 15) is 18.8 Å². The van der Waals surface area contributed by atoms with Gasteiger partial charge < -0.3 is 10.1 Å². The highest BCUT2D eigenvalue weighted by atomic mass is 19.1. The van der Waals surface area contributed by atoms with Crippen LogP contribution in [0.5, 0.6) is 5.75 Å². The number of carbonyl (C=O) groups is 1. The molecule has 8 nitrogen and oxygen atoms in total. The lowest BCUT2D eigenvalue weighted by Crippen LogP contribution is -2.42. The van der Waals surface area contributed by atoms with Crippen LogP contribution < -0.4 is 21.3 Å². The number of pyridine rings is 1. The first kappa shape index (κ1) is 22.9. The van der Waals surface area contributed by atoms with Crippen LogP contribution in [0.3, 0.4) is 0 Å². The zero-order chi connectivity index (χ0) is 24.6. The lowest BCUT2D eigenvalue weighted by Gasteiger charge is -2.17. The molecule has 0 saturated heterocycles. The van der Waals surface area contributed by atoms with Gasteiger partial charge in [0.1, 0.15) is 18.1 Å². The van der Waals surface area contributed by atoms with Crippen molar-refractivity contribution in [3.8, 4) is 11.4 Å². The Labute approximate surface area is 194 Å². The van der Waals surface area contributed by atoms with Gasteiger partial charge in [-0.3, -0.25) is 9.59 Å². The number of benzene rings is 2. The van der Waals surface area contributed by atoms with E-state index in [2.05, 4.69) is 10.3 Å². The van der Waals surface area contributed by atoms with Crippen LogP contribution in [0.25, 0.3) is 16.7 Å². The van der Waals surface area contributed by atoms with Crippen LogP contribution in [0.4, 0.5) is 10.1 Å². The highest BCUT2D eigenvalue weighted by molar-refractivity contribution is 5.91. The van der Waals surface area contributed by atoms with Crippen LogP contribution in [0.2, 0.25) is 0 Å². The molecule has 1 amide bonds. The van der Waals surface area contributed by atoms with Gasteiger partial charge in [-0.1, -0.05) is 12.1 Å². The van der Waals surface area contributed by atoms with Crippen LogP contribution in [0.1, 0.15) is 16.8 Å². The summed E-state index contributed by atoms with van der Waals surface area (Å²) in [4.78, 5) is 44.3. The van der Waals surface area contributed by atoms with Gasteiger partial charge in [0.25, 0.3) is 5.56 Å². The number of hydrogen-bond donors (Lipinski definition) is 1. The molecule has 0 fully saturated rings. The summed E-state index contributed by atoms with van der Waals surface area (Å²) in [5.74, 6) is -0.625. The van der Waals surface area contributed by atoms with E-state index in [-0.39, 0.29) is 11.0 Å². The Kier molecular flexibility index (Phi) is 6.02. The molecule has 174 valence electrons. The summed E-state index contributed by atoms with van der Waals surface area (Å²) in [6, 6.07) is 12.5. The van der Waals surface area contributed by atoms with Crippen molar-refractivity contribution in [3.05, 3.63) is 92.0 Å². The topological polar surface area (TPSA) is 95.2 Å². The van der Waals surface area contributed by atoms with Crippen molar-refractivity contribution in [3.63, 3.8) is 0 Å². The molecule has 9 heteroatoms.